The quantitative estimate of drug-likeness (QED) is 0.348. The number of nitro groups is 1. The number of hydrogen-bond donors (Lipinski definition) is 1. The lowest BCUT2D eigenvalue weighted by atomic mass is 10.1. The summed E-state index contributed by atoms with van der Waals surface area (Å²) in [6.07, 6.45) is 0. The third kappa shape index (κ3) is 2.06. The molecule has 23 heavy (non-hydrogen) atoms. The molecule has 0 saturated carbocycles. The molecule has 0 aliphatic carbocycles. The summed E-state index contributed by atoms with van der Waals surface area (Å²) in [5.41, 5.74) is 0.792. The molecule has 0 saturated heterocycles. The lowest BCUT2D eigenvalue weighted by molar-refractivity contribution is -0.383. The zero-order chi connectivity index (χ0) is 16.0. The topological polar surface area (TPSA) is 102 Å². The Kier molecular flexibility index (Phi) is 2.74. The van der Waals surface area contributed by atoms with Crippen LogP contribution < -0.4 is 5.63 Å². The first-order valence-electron chi connectivity index (χ1n) is 6.80. The molecule has 7 heteroatoms. The van der Waals surface area contributed by atoms with Crippen LogP contribution in [0.4, 0.5) is 5.69 Å². The molecule has 0 aliphatic rings. The summed E-state index contributed by atoms with van der Waals surface area (Å²) >= 11 is 0. The summed E-state index contributed by atoms with van der Waals surface area (Å²) < 4.78 is 5.18. The largest absolute Gasteiger partial charge is 0.415 e. The summed E-state index contributed by atoms with van der Waals surface area (Å²) in [4.78, 5) is 30.1. The van der Waals surface area contributed by atoms with Gasteiger partial charge >= 0.3 is 11.3 Å². The fraction of sp³-hybridized carbons (Fsp3) is 0. The number of aromatic nitrogens is 2. The maximum Gasteiger partial charge on any atom is 0.347 e. The van der Waals surface area contributed by atoms with Gasteiger partial charge in [-0.15, -0.1) is 0 Å². The smallest absolute Gasteiger partial charge is 0.347 e. The van der Waals surface area contributed by atoms with Crippen LogP contribution in [0.1, 0.15) is 0 Å². The van der Waals surface area contributed by atoms with Crippen LogP contribution in [0.3, 0.4) is 0 Å². The lowest BCUT2D eigenvalue weighted by Gasteiger charge is -2.00. The zero-order valence-electron chi connectivity index (χ0n) is 11.6. The number of hydrogen-bond acceptors (Lipinski definition) is 5. The number of H-pyrrole nitrogens is 1. The molecule has 0 unspecified atom stereocenters. The van der Waals surface area contributed by atoms with E-state index in [1.165, 1.54) is 6.07 Å². The van der Waals surface area contributed by atoms with Crippen molar-refractivity contribution < 1.29 is 9.34 Å². The molecule has 0 radical (unpaired) electrons. The van der Waals surface area contributed by atoms with Gasteiger partial charge in [0, 0.05) is 11.5 Å². The molecular weight excluding hydrogens is 298 g/mol. The number of non-ortho nitro benzene ring substituents is 1. The second-order valence-corrected chi connectivity index (χ2v) is 5.00. The Morgan fingerprint density at radius 2 is 1.96 bits per heavy atom. The first kappa shape index (κ1) is 13.2. The van der Waals surface area contributed by atoms with Gasteiger partial charge in [0.2, 0.25) is 5.58 Å². The first-order valence-corrected chi connectivity index (χ1v) is 6.80. The molecule has 2 heterocycles. The van der Waals surface area contributed by atoms with Gasteiger partial charge in [0.1, 0.15) is 11.4 Å². The molecule has 2 aromatic carbocycles. The Morgan fingerprint density at radius 1 is 1.13 bits per heavy atom. The Hall–Kier alpha value is -3.48. The minimum Gasteiger partial charge on any atom is -0.415 e. The first-order chi connectivity index (χ1) is 11.1. The van der Waals surface area contributed by atoms with Gasteiger partial charge in [-0.05, 0) is 18.2 Å². The van der Waals surface area contributed by atoms with Gasteiger partial charge in [-0.3, -0.25) is 10.1 Å². The predicted molar refractivity (Wildman–Crippen MR) is 84.2 cm³/mol. The van der Waals surface area contributed by atoms with Gasteiger partial charge in [-0.2, -0.15) is 0 Å². The van der Waals surface area contributed by atoms with Crippen molar-refractivity contribution in [3.8, 4) is 11.4 Å². The highest BCUT2D eigenvalue weighted by atomic mass is 16.6. The summed E-state index contributed by atoms with van der Waals surface area (Å²) in [6.45, 7) is 0. The van der Waals surface area contributed by atoms with E-state index in [1.54, 1.807) is 18.2 Å². The van der Waals surface area contributed by atoms with Crippen LogP contribution in [0.15, 0.2) is 57.7 Å². The molecule has 0 atom stereocenters. The summed E-state index contributed by atoms with van der Waals surface area (Å²) in [6, 6.07) is 13.4. The van der Waals surface area contributed by atoms with E-state index >= 15 is 0 Å². The Balaban J connectivity index is 1.99. The molecule has 0 spiro atoms. The van der Waals surface area contributed by atoms with Gasteiger partial charge in [0.05, 0.1) is 16.0 Å². The third-order valence-corrected chi connectivity index (χ3v) is 3.58. The fourth-order valence-corrected chi connectivity index (χ4v) is 2.52. The molecule has 0 aliphatic heterocycles. The van der Waals surface area contributed by atoms with Crippen LogP contribution >= 0.6 is 0 Å². The molecular formula is C16H9N3O4. The van der Waals surface area contributed by atoms with Gasteiger partial charge in [0.25, 0.3) is 0 Å². The van der Waals surface area contributed by atoms with Crippen molar-refractivity contribution in [3.05, 3.63) is 69.1 Å². The third-order valence-electron chi connectivity index (χ3n) is 3.58. The van der Waals surface area contributed by atoms with E-state index in [2.05, 4.69) is 9.97 Å². The van der Waals surface area contributed by atoms with Crippen LogP contribution in [-0.2, 0) is 0 Å². The second-order valence-electron chi connectivity index (χ2n) is 5.00. The van der Waals surface area contributed by atoms with E-state index in [-0.39, 0.29) is 16.8 Å². The van der Waals surface area contributed by atoms with Crippen LogP contribution in [-0.4, -0.2) is 14.9 Å². The molecule has 0 bridgehead atoms. The summed E-state index contributed by atoms with van der Waals surface area (Å²) in [7, 11) is 0. The van der Waals surface area contributed by atoms with E-state index in [0.29, 0.717) is 11.2 Å². The van der Waals surface area contributed by atoms with Crippen LogP contribution in [0, 0.1) is 10.1 Å². The number of nitro benzene ring substituents is 1. The van der Waals surface area contributed by atoms with Gasteiger partial charge in [-0.25, -0.2) is 9.78 Å². The van der Waals surface area contributed by atoms with Crippen molar-refractivity contribution in [1.29, 1.82) is 0 Å². The van der Waals surface area contributed by atoms with E-state index < -0.39 is 10.5 Å². The summed E-state index contributed by atoms with van der Waals surface area (Å²) in [5, 5.41) is 11.5. The summed E-state index contributed by atoms with van der Waals surface area (Å²) in [5.74, 6) is 0.369. The van der Waals surface area contributed by atoms with Crippen molar-refractivity contribution in [3.63, 3.8) is 0 Å². The van der Waals surface area contributed by atoms with Crippen molar-refractivity contribution >= 4 is 27.7 Å². The van der Waals surface area contributed by atoms with Crippen molar-refractivity contribution in [2.75, 3.05) is 0 Å². The average Bonchev–Trinajstić information content (AvgIpc) is 2.97. The fourth-order valence-electron chi connectivity index (χ4n) is 2.52. The number of nitrogens with zero attached hydrogens (tertiary/aromatic N) is 2. The second kappa shape index (κ2) is 4.77. The van der Waals surface area contributed by atoms with Gasteiger partial charge in [0.15, 0.2) is 0 Å². The molecule has 0 fully saturated rings. The molecule has 7 nitrogen and oxygen atoms in total. The number of aromatic amines is 1. The monoisotopic (exact) mass is 307 g/mol. The molecule has 0 amide bonds. The molecule has 4 aromatic rings. The average molecular weight is 307 g/mol. The minimum absolute atomic E-state index is 0.0395. The van der Waals surface area contributed by atoms with E-state index in [1.807, 2.05) is 24.3 Å². The minimum atomic E-state index is -0.675. The van der Waals surface area contributed by atoms with Crippen molar-refractivity contribution in [2.45, 2.75) is 0 Å². The zero-order valence-corrected chi connectivity index (χ0v) is 11.6. The maximum atomic E-state index is 12.2. The van der Waals surface area contributed by atoms with Crippen molar-refractivity contribution in [1.82, 2.24) is 9.97 Å². The standard InChI is InChI=1S/C16H9N3O4/c20-16-10(15-17-11-5-1-2-6-12(11)18-15)8-9-4-3-7-13(19(21)22)14(9)23-16/h1-8H,(H,17,18). The number of para-hydroxylation sites is 3. The maximum absolute atomic E-state index is 12.2. The SMILES string of the molecule is O=c1oc2c([N+](=O)[O-])cccc2cc1-c1nc2ccccc2[nH]1. The van der Waals surface area contributed by atoms with Crippen LogP contribution in [0.2, 0.25) is 0 Å². The molecule has 2 aromatic heterocycles. The van der Waals surface area contributed by atoms with E-state index in [9.17, 15) is 14.9 Å². The van der Waals surface area contributed by atoms with Crippen molar-refractivity contribution in [2.24, 2.45) is 0 Å². The number of rotatable bonds is 2. The lowest BCUT2D eigenvalue weighted by Crippen LogP contribution is -2.04. The highest BCUT2D eigenvalue weighted by Crippen LogP contribution is 2.27. The van der Waals surface area contributed by atoms with E-state index in [0.717, 1.165) is 11.0 Å². The molecule has 112 valence electrons. The van der Waals surface area contributed by atoms with Crippen LogP contribution in [0.25, 0.3) is 33.4 Å². The highest BCUT2D eigenvalue weighted by Gasteiger charge is 2.18. The van der Waals surface area contributed by atoms with Gasteiger partial charge < -0.3 is 9.40 Å². The number of nitrogens with one attached hydrogen (secondary N) is 1. The van der Waals surface area contributed by atoms with E-state index in [4.69, 9.17) is 4.42 Å². The Labute approximate surface area is 128 Å². The van der Waals surface area contributed by atoms with Crippen LogP contribution in [0.5, 0.6) is 0 Å². The Morgan fingerprint density at radius 3 is 2.74 bits per heavy atom. The Bertz CT molecular complexity index is 1090. The molecule has 1 N–H and O–H groups in total. The normalized spacial score (nSPS) is 11.1. The van der Waals surface area contributed by atoms with Gasteiger partial charge in [-0.1, -0.05) is 24.3 Å². The number of fused-ring (bicyclic) bond motifs is 2. The molecule has 4 rings (SSSR count). The highest BCUT2D eigenvalue weighted by molar-refractivity contribution is 5.88. The number of benzene rings is 2. The number of imidazole rings is 1. The predicted octanol–water partition coefficient (Wildman–Crippen LogP) is 3.24.